The monoisotopic (exact) mass is 1850 g/mol. The van der Waals surface area contributed by atoms with Gasteiger partial charge in [0.2, 0.25) is 76.8 Å². The summed E-state index contributed by atoms with van der Waals surface area (Å²) in [5.74, 6) is -10.4. The summed E-state index contributed by atoms with van der Waals surface area (Å²) < 4.78 is 41.0. The van der Waals surface area contributed by atoms with Crippen LogP contribution in [0.15, 0.2) is 97.2 Å². The second-order valence-electron chi connectivity index (χ2n) is 35.8. The number of carboxylic acids is 1. The maximum absolute atomic E-state index is 16.3. The standard InChI is InChI=1S/C98H137FN14O20/c1-65-90(122)108-79(61-103-83(116)43-51-131-53-54-132-52-46-100-82(115)27-19-15-13-11-9-7-5-6-8-10-12-14-16-20-28-87(120)121)92(124)105-76-57-70-25-23-26-71(55-70)60-102-85(118)64-133-81-42-50-112-89(81)94(126)109-88(66(2)114)93(125)107-77(56-68-33-36-74(130-4)37-34-68)96(128)113-49-24-44-98(113,3)97(129)101-45-41-67-29-31-69(32-30-67)62-111(86(119)40-39-84(117)104-65)48-22-18-17-21-47-110-63-72(58-78(95(112)127)106-91(76)123)75-59-73(99)35-38-80(75)110/h23,25-26,29-38,55,59,63,65-66,76-79,81,88-89,114H,5-22,24,27-28,39-54,56-58,60-62,64H2,1-4H3,(H,100,115)(H,101,129)(H,102,118)(H,103,116)(H,104,117)(H,105,124)(H,106,123)(H,107,125)(H,108,122)(H,109,126)(H,120,121)/t65-,66+,76-,77-,78-,79+,81-,88-,89?,98-/m0/s1. The number of hydrogen-bond donors (Lipinski definition) is 12. The number of carboxylic acid groups (broad SMARTS) is 1. The van der Waals surface area contributed by atoms with Gasteiger partial charge in [-0.25, -0.2) is 4.39 Å². The van der Waals surface area contributed by atoms with Gasteiger partial charge in [-0.1, -0.05) is 151 Å². The molecule has 11 rings (SSSR count). The first kappa shape index (κ1) is 104. The number of rotatable bonds is 32. The highest BCUT2D eigenvalue weighted by atomic mass is 19.1. The van der Waals surface area contributed by atoms with Crippen LogP contribution in [0.1, 0.15) is 221 Å². The molecule has 12 bridgehead atoms. The zero-order valence-corrected chi connectivity index (χ0v) is 77.5. The third kappa shape index (κ3) is 32.7. The molecule has 1 unspecified atom stereocenters. The van der Waals surface area contributed by atoms with E-state index in [-0.39, 0.29) is 135 Å². The van der Waals surface area contributed by atoms with E-state index < -0.39 is 156 Å². The first-order valence-electron chi connectivity index (χ1n) is 47.7. The Bertz CT molecular complexity index is 4740. The van der Waals surface area contributed by atoms with Crippen LogP contribution < -0.4 is 57.9 Å². The predicted molar refractivity (Wildman–Crippen MR) is 492 cm³/mol. The zero-order chi connectivity index (χ0) is 95.2. The highest BCUT2D eigenvalue weighted by Crippen LogP contribution is 2.33. The van der Waals surface area contributed by atoms with Gasteiger partial charge in [0.15, 0.2) is 0 Å². The number of amides is 13. The van der Waals surface area contributed by atoms with Crippen molar-refractivity contribution in [3.8, 4) is 5.75 Å². The molecule has 133 heavy (non-hydrogen) atoms. The summed E-state index contributed by atoms with van der Waals surface area (Å²) in [6, 6.07) is 13.5. The van der Waals surface area contributed by atoms with E-state index in [1.807, 2.05) is 28.8 Å². The molecular formula is C98H137FN14O20. The second-order valence-corrected chi connectivity index (χ2v) is 35.8. The summed E-state index contributed by atoms with van der Waals surface area (Å²) >= 11 is 0. The maximum atomic E-state index is 16.3. The van der Waals surface area contributed by atoms with Gasteiger partial charge >= 0.3 is 5.97 Å². The summed E-state index contributed by atoms with van der Waals surface area (Å²) in [4.78, 5) is 207. The van der Waals surface area contributed by atoms with Crippen molar-refractivity contribution in [1.29, 1.82) is 0 Å². The number of unbranched alkanes of at least 4 members (excludes halogenated alkanes) is 13. The summed E-state index contributed by atoms with van der Waals surface area (Å²) in [6.07, 6.45) is 16.0. The van der Waals surface area contributed by atoms with Crippen LogP contribution in [0.5, 0.6) is 5.75 Å². The van der Waals surface area contributed by atoms with Crippen molar-refractivity contribution < 1.29 is 101 Å². The summed E-state index contributed by atoms with van der Waals surface area (Å²) in [7, 11) is 1.49. The van der Waals surface area contributed by atoms with Crippen molar-refractivity contribution in [2.24, 2.45) is 0 Å². The Morgan fingerprint density at radius 3 is 1.94 bits per heavy atom. The number of fused-ring (bicyclic) bond motifs is 16. The number of carbonyl (C=O) groups is 14. The minimum Gasteiger partial charge on any atom is -0.497 e. The maximum Gasteiger partial charge on any atom is 0.303 e. The number of hydrogen-bond acceptors (Lipinski definition) is 19. The molecule has 7 heterocycles. The van der Waals surface area contributed by atoms with Crippen LogP contribution in [-0.2, 0) is 127 Å². The van der Waals surface area contributed by atoms with Crippen LogP contribution in [0.4, 0.5) is 4.39 Å². The Kier molecular flexibility index (Phi) is 41.7. The topological polar surface area (TPSA) is 451 Å². The lowest BCUT2D eigenvalue weighted by molar-refractivity contribution is -0.148. The van der Waals surface area contributed by atoms with Crippen LogP contribution in [-0.4, -0.2) is 252 Å². The van der Waals surface area contributed by atoms with Crippen LogP contribution in [0.2, 0.25) is 0 Å². The molecule has 0 radical (unpaired) electrons. The molecule has 4 aromatic carbocycles. The van der Waals surface area contributed by atoms with E-state index in [0.717, 1.165) is 67.4 Å². The minimum absolute atomic E-state index is 0.0649. The fourth-order valence-electron chi connectivity index (χ4n) is 17.8. The van der Waals surface area contributed by atoms with Gasteiger partial charge in [0.25, 0.3) is 0 Å². The molecule has 13 amide bonds. The van der Waals surface area contributed by atoms with E-state index in [4.69, 9.17) is 24.1 Å². The van der Waals surface area contributed by atoms with E-state index >= 15 is 33.2 Å². The fraction of sp³-hybridized carbons (Fsp3) is 0.592. The van der Waals surface area contributed by atoms with Crippen molar-refractivity contribution in [3.63, 3.8) is 0 Å². The Labute approximate surface area is 777 Å². The van der Waals surface area contributed by atoms with Gasteiger partial charge in [-0.3, -0.25) is 67.1 Å². The quantitative estimate of drug-likeness (QED) is 0.0214. The molecule has 1 aromatic heterocycles. The molecule has 12 N–H and O–H groups in total. The van der Waals surface area contributed by atoms with Gasteiger partial charge in [0.05, 0.1) is 45.7 Å². The highest BCUT2D eigenvalue weighted by Gasteiger charge is 2.50. The molecule has 5 aromatic rings. The number of aromatic nitrogens is 1. The Morgan fingerprint density at radius 2 is 1.24 bits per heavy atom. The number of nitrogens with one attached hydrogen (secondary N) is 10. The average Bonchev–Trinajstić information content (AvgIpc) is 1.63. The van der Waals surface area contributed by atoms with Gasteiger partial charge in [0.1, 0.15) is 66.0 Å². The van der Waals surface area contributed by atoms with Crippen molar-refractivity contribution in [1.82, 2.24) is 72.4 Å². The lowest BCUT2D eigenvalue weighted by Gasteiger charge is -2.37. The van der Waals surface area contributed by atoms with Crippen LogP contribution in [0.3, 0.4) is 0 Å². The molecule has 726 valence electrons. The SMILES string of the molecule is COc1ccc(C[C@@H]2NC(=O)[C@H]([C@@H](C)O)NC(=O)C3[C@@H]4CCN3C(=O)[C@@H]3Cc5cn(c6ccc(F)cc56)CCCCCCN(Cc5ccc(cc5)CCNC(=O)[C@]5(C)CCCN5C2=O)C(=O)CCC(=O)N[C@@H](C)C(=O)N[C@H](CNC(=O)CCOCCOCCNC(=O)CCCCCCCCCCCCCCCCC(=O)O)C(=O)N[C@@H](Cc2cccc(c2)CNC(=O)CO4)C(=O)N3)cc1. The number of carbonyl (C=O) groups excluding carboxylic acids is 13. The van der Waals surface area contributed by atoms with Crippen molar-refractivity contribution in [2.45, 2.75) is 293 Å². The van der Waals surface area contributed by atoms with Gasteiger partial charge in [0, 0.05) is 127 Å². The van der Waals surface area contributed by atoms with E-state index in [1.165, 1.54) is 76.5 Å². The zero-order valence-electron chi connectivity index (χ0n) is 77.5. The van der Waals surface area contributed by atoms with Gasteiger partial charge in [-0.05, 0) is 136 Å². The number of methoxy groups -OCH3 is 1. The molecule has 2 fully saturated rings. The van der Waals surface area contributed by atoms with Gasteiger partial charge < -0.3 is 102 Å². The molecule has 6 aliphatic heterocycles. The average molecular weight is 1850 g/mol. The molecule has 0 saturated carbocycles. The Balaban J connectivity index is 0.910. The molecule has 0 aliphatic carbocycles. The van der Waals surface area contributed by atoms with Crippen molar-refractivity contribution in [3.05, 3.63) is 136 Å². The lowest BCUT2D eigenvalue weighted by Crippen LogP contribution is -2.64. The van der Waals surface area contributed by atoms with E-state index in [0.29, 0.717) is 90.4 Å². The third-order valence-electron chi connectivity index (χ3n) is 25.5. The summed E-state index contributed by atoms with van der Waals surface area (Å²) in [5, 5.41) is 48.7. The van der Waals surface area contributed by atoms with Gasteiger partial charge in [-0.15, -0.1) is 0 Å². The first-order chi connectivity index (χ1) is 64.1. The summed E-state index contributed by atoms with van der Waals surface area (Å²) in [5.41, 5.74) is 2.59. The van der Waals surface area contributed by atoms with Gasteiger partial charge in [-0.2, -0.15) is 0 Å². The number of aliphatic hydroxyl groups excluding tert-OH is 1. The molecule has 0 spiro atoms. The van der Waals surface area contributed by atoms with Crippen LogP contribution in [0.25, 0.3) is 10.9 Å². The lowest BCUT2D eigenvalue weighted by atomic mass is 9.95. The van der Waals surface area contributed by atoms with Crippen molar-refractivity contribution >= 4 is 93.7 Å². The van der Waals surface area contributed by atoms with Crippen LogP contribution >= 0.6 is 0 Å². The number of benzene rings is 4. The molecule has 6 aliphatic rings. The van der Waals surface area contributed by atoms with E-state index in [1.54, 1.807) is 72.6 Å². The predicted octanol–water partition coefficient (Wildman–Crippen LogP) is 6.16. The Morgan fingerprint density at radius 1 is 0.586 bits per heavy atom. The smallest absolute Gasteiger partial charge is 0.303 e. The molecule has 2 saturated heterocycles. The largest absolute Gasteiger partial charge is 0.497 e. The molecular weight excluding hydrogens is 1710 g/mol. The normalized spacial score (nSPS) is 22.6. The Hall–Kier alpha value is -11.4. The number of halogens is 1. The van der Waals surface area contributed by atoms with Crippen LogP contribution in [0, 0.1) is 5.82 Å². The molecule has 34 nitrogen and oxygen atoms in total. The van der Waals surface area contributed by atoms with E-state index in [9.17, 15) is 43.5 Å². The first-order valence-corrected chi connectivity index (χ1v) is 47.7. The number of ether oxygens (including phenoxy) is 4. The number of nitrogens with zero attached hydrogens (tertiary/aromatic N) is 4. The van der Waals surface area contributed by atoms with E-state index in [2.05, 4.69) is 53.2 Å². The fourth-order valence-corrected chi connectivity index (χ4v) is 17.8. The number of aliphatic hydroxyl groups is 1. The minimum atomic E-state index is -1.88. The highest BCUT2D eigenvalue weighted by molar-refractivity contribution is 6.00. The van der Waals surface area contributed by atoms with Crippen molar-refractivity contribution in [2.75, 3.05) is 79.4 Å². The second kappa shape index (κ2) is 53.5. The third-order valence-corrected chi connectivity index (χ3v) is 25.5. The summed E-state index contributed by atoms with van der Waals surface area (Å²) in [6.45, 7) is 4.28. The number of aryl methyl sites for hydroxylation is 1. The molecule has 35 heteroatoms. The number of aliphatic carboxylic acids is 1. The molecule has 10 atom stereocenters.